The molecule has 0 saturated carbocycles. The van der Waals surface area contributed by atoms with Gasteiger partial charge in [0.1, 0.15) is 11.6 Å². The van der Waals surface area contributed by atoms with Gasteiger partial charge < -0.3 is 9.64 Å². The maximum atomic E-state index is 11.5. The van der Waals surface area contributed by atoms with E-state index in [1.54, 1.807) is 19.1 Å². The molecule has 0 N–H and O–H groups in total. The Bertz CT molecular complexity index is 505. The molecule has 0 atom stereocenters. The van der Waals surface area contributed by atoms with E-state index < -0.39 is 5.97 Å². The zero-order chi connectivity index (χ0) is 14.1. The number of ether oxygens (including phenoxy) is 1. The molecule has 19 heavy (non-hydrogen) atoms. The molecule has 0 aromatic carbocycles. The molecule has 1 aliphatic heterocycles. The minimum absolute atomic E-state index is 0.0177. The largest absolute Gasteiger partial charge is 0.462 e. The van der Waals surface area contributed by atoms with Crippen molar-refractivity contribution in [1.82, 2.24) is 4.90 Å². The summed E-state index contributed by atoms with van der Waals surface area (Å²) in [6, 6.07) is 1.83. The van der Waals surface area contributed by atoms with Crippen molar-refractivity contribution in [2.75, 3.05) is 13.2 Å². The SMILES string of the molecule is C=CCN1C=CC=C/C1=C\C=C(\C#N)C(=O)OCC. The summed E-state index contributed by atoms with van der Waals surface area (Å²) in [6.07, 6.45) is 12.5. The first-order valence-corrected chi connectivity index (χ1v) is 5.94. The lowest BCUT2D eigenvalue weighted by molar-refractivity contribution is -0.138. The van der Waals surface area contributed by atoms with Crippen molar-refractivity contribution < 1.29 is 9.53 Å². The minimum atomic E-state index is -0.604. The summed E-state index contributed by atoms with van der Waals surface area (Å²) >= 11 is 0. The monoisotopic (exact) mass is 256 g/mol. The van der Waals surface area contributed by atoms with E-state index in [1.807, 2.05) is 35.4 Å². The van der Waals surface area contributed by atoms with Crippen LogP contribution in [-0.4, -0.2) is 24.0 Å². The van der Waals surface area contributed by atoms with Gasteiger partial charge in [0.2, 0.25) is 0 Å². The van der Waals surface area contributed by atoms with Crippen LogP contribution in [0.4, 0.5) is 0 Å². The Morgan fingerprint density at radius 2 is 2.37 bits per heavy atom. The predicted octanol–water partition coefficient (Wildman–Crippen LogP) is 2.45. The highest BCUT2D eigenvalue weighted by Gasteiger charge is 2.09. The molecule has 0 amide bonds. The van der Waals surface area contributed by atoms with Gasteiger partial charge in [-0.15, -0.1) is 6.58 Å². The van der Waals surface area contributed by atoms with Gasteiger partial charge in [0.05, 0.1) is 6.61 Å². The average Bonchev–Trinajstić information content (AvgIpc) is 2.42. The van der Waals surface area contributed by atoms with Crippen LogP contribution in [0, 0.1) is 11.3 Å². The molecule has 98 valence electrons. The zero-order valence-electron chi connectivity index (χ0n) is 10.9. The summed E-state index contributed by atoms with van der Waals surface area (Å²) in [5.74, 6) is -0.604. The molecule has 1 rings (SSSR count). The van der Waals surface area contributed by atoms with Crippen LogP contribution in [0.1, 0.15) is 6.92 Å². The van der Waals surface area contributed by atoms with Crippen molar-refractivity contribution in [3.8, 4) is 6.07 Å². The molecule has 0 bridgehead atoms. The Morgan fingerprint density at radius 1 is 1.58 bits per heavy atom. The van der Waals surface area contributed by atoms with Crippen LogP contribution in [0.3, 0.4) is 0 Å². The topological polar surface area (TPSA) is 53.3 Å². The molecule has 0 saturated heterocycles. The van der Waals surface area contributed by atoms with Crippen LogP contribution in [0.5, 0.6) is 0 Å². The molecule has 4 heteroatoms. The number of carbonyl (C=O) groups excluding carboxylic acids is 1. The van der Waals surface area contributed by atoms with Crippen molar-refractivity contribution in [2.45, 2.75) is 6.92 Å². The Balaban J connectivity index is 2.90. The van der Waals surface area contributed by atoms with Gasteiger partial charge in [-0.2, -0.15) is 5.26 Å². The first kappa shape index (κ1) is 14.5. The number of nitrogens with zero attached hydrogens (tertiary/aromatic N) is 2. The van der Waals surface area contributed by atoms with Crippen molar-refractivity contribution in [2.24, 2.45) is 0 Å². The molecule has 0 spiro atoms. The number of esters is 1. The number of hydrogen-bond donors (Lipinski definition) is 0. The van der Waals surface area contributed by atoms with Crippen LogP contribution in [0.25, 0.3) is 0 Å². The van der Waals surface area contributed by atoms with Crippen molar-refractivity contribution >= 4 is 5.97 Å². The van der Waals surface area contributed by atoms with Gasteiger partial charge in [0.15, 0.2) is 0 Å². The van der Waals surface area contributed by atoms with Gasteiger partial charge in [-0.1, -0.05) is 12.2 Å². The molecular formula is C15H16N2O2. The molecule has 0 unspecified atom stereocenters. The number of nitriles is 1. The maximum Gasteiger partial charge on any atom is 0.348 e. The highest BCUT2D eigenvalue weighted by molar-refractivity contribution is 5.93. The second kappa shape index (κ2) is 7.72. The molecule has 1 aliphatic rings. The fourth-order valence-corrected chi connectivity index (χ4v) is 1.47. The second-order valence-electron chi connectivity index (χ2n) is 3.65. The van der Waals surface area contributed by atoms with E-state index in [0.29, 0.717) is 6.54 Å². The molecule has 0 radical (unpaired) electrons. The Kier molecular flexibility index (Phi) is 5.90. The fraction of sp³-hybridized carbons (Fsp3) is 0.200. The number of hydrogen-bond acceptors (Lipinski definition) is 4. The summed E-state index contributed by atoms with van der Waals surface area (Å²) in [5.41, 5.74) is 0.857. The van der Waals surface area contributed by atoms with E-state index in [1.165, 1.54) is 6.08 Å². The lowest BCUT2D eigenvalue weighted by Crippen LogP contribution is -2.16. The van der Waals surface area contributed by atoms with Crippen LogP contribution in [0.15, 0.2) is 60.5 Å². The lowest BCUT2D eigenvalue weighted by Gasteiger charge is -2.21. The number of rotatable bonds is 5. The van der Waals surface area contributed by atoms with Crippen LogP contribution in [0.2, 0.25) is 0 Å². The van der Waals surface area contributed by atoms with Gasteiger partial charge in [-0.25, -0.2) is 4.79 Å². The molecule has 1 heterocycles. The minimum Gasteiger partial charge on any atom is -0.462 e. The van der Waals surface area contributed by atoms with E-state index in [0.717, 1.165) is 5.70 Å². The van der Waals surface area contributed by atoms with Gasteiger partial charge in [-0.3, -0.25) is 0 Å². The maximum absolute atomic E-state index is 11.5. The standard InChI is InChI=1S/C15H16N2O2/c1-3-10-17-11-6-5-7-14(17)9-8-13(12-16)15(18)19-4-2/h3,5-9,11H,1,4,10H2,2H3/b13-8-,14-9+. The molecular weight excluding hydrogens is 240 g/mol. The summed E-state index contributed by atoms with van der Waals surface area (Å²) in [4.78, 5) is 13.4. The molecule has 0 aromatic heterocycles. The van der Waals surface area contributed by atoms with Crippen molar-refractivity contribution in [1.29, 1.82) is 5.26 Å². The third-order valence-corrected chi connectivity index (χ3v) is 2.34. The van der Waals surface area contributed by atoms with Gasteiger partial charge in [-0.05, 0) is 31.2 Å². The van der Waals surface area contributed by atoms with Gasteiger partial charge in [0, 0.05) is 18.4 Å². The molecule has 0 aromatic rings. The lowest BCUT2D eigenvalue weighted by atomic mass is 10.2. The summed E-state index contributed by atoms with van der Waals surface area (Å²) in [7, 11) is 0. The smallest absolute Gasteiger partial charge is 0.348 e. The highest BCUT2D eigenvalue weighted by Crippen LogP contribution is 2.13. The fourth-order valence-electron chi connectivity index (χ4n) is 1.47. The van der Waals surface area contributed by atoms with Crippen LogP contribution < -0.4 is 0 Å². The second-order valence-corrected chi connectivity index (χ2v) is 3.65. The van der Waals surface area contributed by atoms with E-state index in [2.05, 4.69) is 6.58 Å². The quantitative estimate of drug-likeness (QED) is 0.328. The molecule has 0 fully saturated rings. The van der Waals surface area contributed by atoms with Crippen LogP contribution >= 0.6 is 0 Å². The Labute approximate surface area is 113 Å². The molecule has 4 nitrogen and oxygen atoms in total. The summed E-state index contributed by atoms with van der Waals surface area (Å²) in [5, 5.41) is 8.91. The normalized spacial score (nSPS) is 16.3. The third kappa shape index (κ3) is 4.32. The van der Waals surface area contributed by atoms with E-state index >= 15 is 0 Å². The van der Waals surface area contributed by atoms with Crippen molar-refractivity contribution in [3.63, 3.8) is 0 Å². The summed E-state index contributed by atoms with van der Waals surface area (Å²) in [6.45, 7) is 6.29. The van der Waals surface area contributed by atoms with Crippen molar-refractivity contribution in [3.05, 3.63) is 60.5 Å². The Morgan fingerprint density at radius 3 is 3.00 bits per heavy atom. The number of allylic oxidation sites excluding steroid dienone is 5. The highest BCUT2D eigenvalue weighted by atomic mass is 16.5. The predicted molar refractivity (Wildman–Crippen MR) is 73.6 cm³/mol. The van der Waals surface area contributed by atoms with Gasteiger partial charge >= 0.3 is 5.97 Å². The van der Waals surface area contributed by atoms with E-state index in [4.69, 9.17) is 10.00 Å². The first-order chi connectivity index (χ1) is 9.22. The zero-order valence-corrected chi connectivity index (χ0v) is 10.9. The van der Waals surface area contributed by atoms with Gasteiger partial charge in [0.25, 0.3) is 0 Å². The van der Waals surface area contributed by atoms with E-state index in [-0.39, 0.29) is 12.2 Å². The number of carbonyl (C=O) groups is 1. The first-order valence-electron chi connectivity index (χ1n) is 5.94. The van der Waals surface area contributed by atoms with Crippen LogP contribution in [-0.2, 0) is 9.53 Å². The third-order valence-electron chi connectivity index (χ3n) is 2.34. The summed E-state index contributed by atoms with van der Waals surface area (Å²) < 4.78 is 4.79. The molecule has 0 aliphatic carbocycles. The average molecular weight is 256 g/mol. The van der Waals surface area contributed by atoms with E-state index in [9.17, 15) is 4.79 Å². The Hall–Kier alpha value is -2.54.